The number of rotatable bonds is 1. The minimum Gasteiger partial charge on any atom is -0.478 e. The van der Waals surface area contributed by atoms with Crippen LogP contribution in [0.25, 0.3) is 0 Å². The summed E-state index contributed by atoms with van der Waals surface area (Å²) in [6.45, 7) is 0.159. The average Bonchev–Trinajstić information content (AvgIpc) is 2.16. The molecule has 1 aliphatic heterocycles. The van der Waals surface area contributed by atoms with Crippen molar-refractivity contribution in [2.45, 2.75) is 6.61 Å². The van der Waals surface area contributed by atoms with Crippen LogP contribution in [-0.4, -0.2) is 17.9 Å². The van der Waals surface area contributed by atoms with Gasteiger partial charge in [0, 0.05) is 11.6 Å². The van der Waals surface area contributed by atoms with Crippen LogP contribution in [0.2, 0.25) is 0 Å². The summed E-state index contributed by atoms with van der Waals surface area (Å²) in [4.78, 5) is 10.7. The van der Waals surface area contributed by atoms with E-state index in [1.54, 1.807) is 0 Å². The number of halogens is 1. The predicted molar refractivity (Wildman–Crippen MR) is 43.6 cm³/mol. The van der Waals surface area contributed by atoms with Crippen LogP contribution in [0.5, 0.6) is 5.75 Å². The molecule has 1 N–H and O–H groups in total. The van der Waals surface area contributed by atoms with E-state index in [4.69, 9.17) is 14.6 Å². The number of fused-ring (bicyclic) bond motifs is 1. The van der Waals surface area contributed by atoms with E-state index in [0.717, 1.165) is 12.1 Å². The molecule has 0 spiro atoms. The largest absolute Gasteiger partial charge is 0.478 e. The number of carboxylic acid groups (broad SMARTS) is 1. The van der Waals surface area contributed by atoms with Gasteiger partial charge >= 0.3 is 5.97 Å². The van der Waals surface area contributed by atoms with Crippen LogP contribution in [0.15, 0.2) is 12.1 Å². The molecule has 74 valence electrons. The van der Waals surface area contributed by atoms with Crippen molar-refractivity contribution in [2.24, 2.45) is 0 Å². The Kier molecular flexibility index (Phi) is 2.09. The minimum atomic E-state index is -1.19. The van der Waals surface area contributed by atoms with Crippen molar-refractivity contribution in [1.82, 2.24) is 0 Å². The van der Waals surface area contributed by atoms with E-state index in [1.807, 2.05) is 0 Å². The van der Waals surface area contributed by atoms with Crippen LogP contribution in [0.4, 0.5) is 4.39 Å². The Morgan fingerprint density at radius 2 is 2.29 bits per heavy atom. The third kappa shape index (κ3) is 1.42. The molecule has 1 aromatic carbocycles. The molecule has 5 heteroatoms. The summed E-state index contributed by atoms with van der Waals surface area (Å²) in [6.07, 6.45) is 0. The Morgan fingerprint density at radius 1 is 1.50 bits per heavy atom. The second-order valence-corrected chi connectivity index (χ2v) is 2.85. The van der Waals surface area contributed by atoms with Crippen LogP contribution in [0.3, 0.4) is 0 Å². The normalized spacial score (nSPS) is 14.4. The second-order valence-electron chi connectivity index (χ2n) is 2.85. The SMILES string of the molecule is O=C(O)c1cc(F)cc2c1COCO2. The van der Waals surface area contributed by atoms with Gasteiger partial charge in [-0.15, -0.1) is 0 Å². The standard InChI is InChI=1S/C9H7FO4/c10-5-1-6(9(11)12)7-3-13-4-14-8(7)2-5/h1-2H,3-4H2,(H,11,12). The lowest BCUT2D eigenvalue weighted by Gasteiger charge is -2.19. The van der Waals surface area contributed by atoms with Gasteiger partial charge in [0.2, 0.25) is 0 Å². The van der Waals surface area contributed by atoms with E-state index in [1.165, 1.54) is 0 Å². The lowest BCUT2D eigenvalue weighted by atomic mass is 10.1. The molecule has 2 rings (SSSR count). The molecule has 1 aliphatic rings. The van der Waals surface area contributed by atoms with Gasteiger partial charge in [-0.05, 0) is 6.07 Å². The van der Waals surface area contributed by atoms with Crippen LogP contribution >= 0.6 is 0 Å². The fourth-order valence-corrected chi connectivity index (χ4v) is 1.33. The number of ether oxygens (including phenoxy) is 2. The second kappa shape index (κ2) is 3.26. The fourth-order valence-electron chi connectivity index (χ4n) is 1.33. The number of hydrogen-bond acceptors (Lipinski definition) is 3. The third-order valence-corrected chi connectivity index (χ3v) is 1.95. The van der Waals surface area contributed by atoms with Crippen molar-refractivity contribution >= 4 is 5.97 Å². The molecule has 0 amide bonds. The molecule has 0 atom stereocenters. The molecular formula is C9H7FO4. The molecule has 0 bridgehead atoms. The maximum Gasteiger partial charge on any atom is 0.336 e. The fraction of sp³-hybridized carbons (Fsp3) is 0.222. The molecule has 0 aromatic heterocycles. The highest BCUT2D eigenvalue weighted by Crippen LogP contribution is 2.28. The van der Waals surface area contributed by atoms with E-state index in [2.05, 4.69) is 0 Å². The highest BCUT2D eigenvalue weighted by Gasteiger charge is 2.20. The number of hydrogen-bond donors (Lipinski definition) is 1. The monoisotopic (exact) mass is 198 g/mol. The first-order valence-corrected chi connectivity index (χ1v) is 3.95. The number of benzene rings is 1. The Hall–Kier alpha value is -1.62. The number of carboxylic acids is 1. The smallest absolute Gasteiger partial charge is 0.336 e. The topological polar surface area (TPSA) is 55.8 Å². The van der Waals surface area contributed by atoms with E-state index >= 15 is 0 Å². The van der Waals surface area contributed by atoms with Gasteiger partial charge in [0.1, 0.15) is 11.6 Å². The predicted octanol–water partition coefficient (Wildman–Crippen LogP) is 1.39. The van der Waals surface area contributed by atoms with Crippen molar-refractivity contribution in [2.75, 3.05) is 6.79 Å². The lowest BCUT2D eigenvalue weighted by molar-refractivity contribution is -0.0173. The molecule has 1 heterocycles. The van der Waals surface area contributed by atoms with Crippen molar-refractivity contribution in [3.8, 4) is 5.75 Å². The summed E-state index contributed by atoms with van der Waals surface area (Å²) in [5, 5.41) is 8.79. The first kappa shape index (κ1) is 8.96. The van der Waals surface area contributed by atoms with E-state index in [9.17, 15) is 9.18 Å². The first-order chi connectivity index (χ1) is 6.68. The van der Waals surface area contributed by atoms with Gasteiger partial charge < -0.3 is 14.6 Å². The first-order valence-electron chi connectivity index (χ1n) is 3.95. The maximum absolute atomic E-state index is 12.9. The molecule has 0 unspecified atom stereocenters. The van der Waals surface area contributed by atoms with Crippen LogP contribution in [-0.2, 0) is 11.3 Å². The minimum absolute atomic E-state index is 0.0233. The van der Waals surface area contributed by atoms with Gasteiger partial charge in [-0.1, -0.05) is 0 Å². The highest BCUT2D eigenvalue weighted by atomic mass is 19.1. The van der Waals surface area contributed by atoms with Gasteiger partial charge in [0.25, 0.3) is 0 Å². The van der Waals surface area contributed by atoms with E-state index < -0.39 is 11.8 Å². The van der Waals surface area contributed by atoms with Crippen molar-refractivity contribution < 1.29 is 23.8 Å². The highest BCUT2D eigenvalue weighted by molar-refractivity contribution is 5.90. The Morgan fingerprint density at radius 3 is 3.00 bits per heavy atom. The van der Waals surface area contributed by atoms with Gasteiger partial charge in [0.15, 0.2) is 6.79 Å². The van der Waals surface area contributed by atoms with Gasteiger partial charge in [0.05, 0.1) is 12.2 Å². The zero-order valence-electron chi connectivity index (χ0n) is 7.12. The molecule has 0 saturated heterocycles. The number of aromatic carboxylic acids is 1. The Bertz CT molecular complexity index is 389. The summed E-state index contributed by atoms with van der Waals surface area (Å²) in [7, 11) is 0. The van der Waals surface area contributed by atoms with Crippen molar-refractivity contribution in [1.29, 1.82) is 0 Å². The summed E-state index contributed by atoms with van der Waals surface area (Å²) in [6, 6.07) is 2.11. The summed E-state index contributed by atoms with van der Waals surface area (Å²) in [5.41, 5.74) is 0.268. The number of carbonyl (C=O) groups is 1. The average molecular weight is 198 g/mol. The molecule has 0 saturated carbocycles. The summed E-state index contributed by atoms with van der Waals surface area (Å²) >= 11 is 0. The maximum atomic E-state index is 12.9. The van der Waals surface area contributed by atoms with Gasteiger partial charge in [-0.25, -0.2) is 9.18 Å². The molecule has 1 aromatic rings. The zero-order valence-corrected chi connectivity index (χ0v) is 7.12. The molecule has 0 fully saturated rings. The molecule has 0 radical (unpaired) electrons. The van der Waals surface area contributed by atoms with E-state index in [0.29, 0.717) is 5.56 Å². The summed E-state index contributed by atoms with van der Waals surface area (Å²) in [5.74, 6) is -1.56. The van der Waals surface area contributed by atoms with E-state index in [-0.39, 0.29) is 24.7 Å². The van der Waals surface area contributed by atoms with Gasteiger partial charge in [-0.3, -0.25) is 0 Å². The Labute approximate surface area is 78.9 Å². The molecule has 0 aliphatic carbocycles. The molecule has 4 nitrogen and oxygen atoms in total. The lowest BCUT2D eigenvalue weighted by Crippen LogP contribution is -2.15. The van der Waals surface area contributed by atoms with Crippen LogP contribution < -0.4 is 4.74 Å². The van der Waals surface area contributed by atoms with Crippen molar-refractivity contribution in [3.63, 3.8) is 0 Å². The van der Waals surface area contributed by atoms with Crippen molar-refractivity contribution in [3.05, 3.63) is 29.1 Å². The zero-order chi connectivity index (χ0) is 10.1. The van der Waals surface area contributed by atoms with Gasteiger partial charge in [-0.2, -0.15) is 0 Å². The molecule has 14 heavy (non-hydrogen) atoms. The van der Waals surface area contributed by atoms with Crippen LogP contribution in [0, 0.1) is 5.82 Å². The van der Waals surface area contributed by atoms with Crippen LogP contribution in [0.1, 0.15) is 15.9 Å². The third-order valence-electron chi connectivity index (χ3n) is 1.95. The Balaban J connectivity index is 2.58. The molecular weight excluding hydrogens is 191 g/mol. The summed E-state index contributed by atoms with van der Waals surface area (Å²) < 4.78 is 22.8. The quantitative estimate of drug-likeness (QED) is 0.740.